The second-order valence-electron chi connectivity index (χ2n) is 7.43. The Hall–Kier alpha value is -1.46. The number of rotatable bonds is 2. The lowest BCUT2D eigenvalue weighted by Crippen LogP contribution is -2.53. The van der Waals surface area contributed by atoms with Gasteiger partial charge in [0.15, 0.2) is 0 Å². The van der Waals surface area contributed by atoms with Crippen LogP contribution in [-0.2, 0) is 4.74 Å². The quantitative estimate of drug-likeness (QED) is 0.834. The standard InChI is InChI=1S/C19H27FN2O2/c1-15(2)21-10-11-24-14-19(12-21)8-5-9-22(13-19)18(23)16-6-3-4-7-17(16)20/h3-4,6-7,15H,5,8-14H2,1-2H3. The Morgan fingerprint density at radius 3 is 2.79 bits per heavy atom. The summed E-state index contributed by atoms with van der Waals surface area (Å²) in [4.78, 5) is 17.0. The molecule has 2 aliphatic heterocycles. The molecule has 0 aliphatic carbocycles. The van der Waals surface area contributed by atoms with Crippen LogP contribution in [0.5, 0.6) is 0 Å². The number of amides is 1. The second-order valence-corrected chi connectivity index (χ2v) is 7.43. The van der Waals surface area contributed by atoms with Gasteiger partial charge in [-0.3, -0.25) is 9.69 Å². The number of piperidine rings is 1. The molecule has 1 atom stereocenters. The van der Waals surface area contributed by atoms with Gasteiger partial charge in [0.05, 0.1) is 18.8 Å². The van der Waals surface area contributed by atoms with Crippen LogP contribution in [0.3, 0.4) is 0 Å². The van der Waals surface area contributed by atoms with Gasteiger partial charge in [0.2, 0.25) is 0 Å². The minimum atomic E-state index is -0.442. The van der Waals surface area contributed by atoms with Crippen LogP contribution in [-0.4, -0.2) is 61.1 Å². The molecule has 2 fully saturated rings. The molecule has 1 amide bonds. The van der Waals surface area contributed by atoms with E-state index in [2.05, 4.69) is 18.7 Å². The van der Waals surface area contributed by atoms with Gasteiger partial charge >= 0.3 is 0 Å². The molecule has 1 aromatic rings. The first kappa shape index (κ1) is 17.4. The molecule has 2 saturated heterocycles. The van der Waals surface area contributed by atoms with Crippen LogP contribution in [0.2, 0.25) is 0 Å². The average molecular weight is 334 g/mol. The van der Waals surface area contributed by atoms with E-state index in [1.54, 1.807) is 18.2 Å². The molecule has 0 N–H and O–H groups in total. The van der Waals surface area contributed by atoms with Gasteiger partial charge in [-0.1, -0.05) is 12.1 Å². The largest absolute Gasteiger partial charge is 0.379 e. The van der Waals surface area contributed by atoms with E-state index in [-0.39, 0.29) is 16.9 Å². The minimum Gasteiger partial charge on any atom is -0.379 e. The van der Waals surface area contributed by atoms with Crippen LogP contribution < -0.4 is 0 Å². The van der Waals surface area contributed by atoms with Crippen LogP contribution in [0.25, 0.3) is 0 Å². The van der Waals surface area contributed by atoms with E-state index in [0.29, 0.717) is 25.7 Å². The fourth-order valence-corrected chi connectivity index (χ4v) is 3.90. The van der Waals surface area contributed by atoms with Crippen molar-refractivity contribution < 1.29 is 13.9 Å². The lowest BCUT2D eigenvalue weighted by molar-refractivity contribution is 0.00556. The number of halogens is 1. The van der Waals surface area contributed by atoms with Gasteiger partial charge in [-0.15, -0.1) is 0 Å². The Balaban J connectivity index is 1.78. The highest BCUT2D eigenvalue weighted by Crippen LogP contribution is 2.34. The molecule has 4 nitrogen and oxygen atoms in total. The SMILES string of the molecule is CC(C)N1CCOCC2(CCCN(C(=O)c3ccccc3F)C2)C1. The highest BCUT2D eigenvalue weighted by atomic mass is 19.1. The van der Waals surface area contributed by atoms with Crippen molar-refractivity contribution in [3.8, 4) is 0 Å². The highest BCUT2D eigenvalue weighted by Gasteiger charge is 2.41. The fourth-order valence-electron chi connectivity index (χ4n) is 3.90. The lowest BCUT2D eigenvalue weighted by atomic mass is 9.79. The Morgan fingerprint density at radius 1 is 1.25 bits per heavy atom. The molecule has 1 aromatic carbocycles. The van der Waals surface area contributed by atoms with Crippen molar-refractivity contribution in [1.29, 1.82) is 0 Å². The summed E-state index contributed by atoms with van der Waals surface area (Å²) in [7, 11) is 0. The summed E-state index contributed by atoms with van der Waals surface area (Å²) >= 11 is 0. The van der Waals surface area contributed by atoms with Crippen molar-refractivity contribution in [1.82, 2.24) is 9.80 Å². The van der Waals surface area contributed by atoms with Crippen LogP contribution in [0.15, 0.2) is 24.3 Å². The topological polar surface area (TPSA) is 32.8 Å². The van der Waals surface area contributed by atoms with E-state index in [9.17, 15) is 9.18 Å². The van der Waals surface area contributed by atoms with Crippen molar-refractivity contribution in [2.24, 2.45) is 5.41 Å². The van der Waals surface area contributed by atoms with Gasteiger partial charge < -0.3 is 9.64 Å². The van der Waals surface area contributed by atoms with Gasteiger partial charge in [-0.2, -0.15) is 0 Å². The number of hydrogen-bond donors (Lipinski definition) is 0. The van der Waals surface area contributed by atoms with Crippen LogP contribution >= 0.6 is 0 Å². The van der Waals surface area contributed by atoms with Gasteiger partial charge in [0.25, 0.3) is 5.91 Å². The lowest BCUT2D eigenvalue weighted by Gasteiger charge is -2.44. The normalized spacial score (nSPS) is 25.9. The molecule has 24 heavy (non-hydrogen) atoms. The summed E-state index contributed by atoms with van der Waals surface area (Å²) in [6.45, 7) is 9.01. The minimum absolute atomic E-state index is 0.0417. The number of nitrogens with zero attached hydrogens (tertiary/aromatic N) is 2. The molecule has 0 radical (unpaired) electrons. The van der Waals surface area contributed by atoms with Crippen LogP contribution in [0, 0.1) is 11.2 Å². The molecular formula is C19H27FN2O2. The van der Waals surface area contributed by atoms with Crippen molar-refractivity contribution >= 4 is 5.91 Å². The van der Waals surface area contributed by atoms with Gasteiger partial charge in [0, 0.05) is 37.6 Å². The maximum absolute atomic E-state index is 14.0. The van der Waals surface area contributed by atoms with E-state index in [1.165, 1.54) is 6.07 Å². The second kappa shape index (κ2) is 7.19. The van der Waals surface area contributed by atoms with Crippen LogP contribution in [0.1, 0.15) is 37.0 Å². The molecule has 0 aromatic heterocycles. The molecule has 1 unspecified atom stereocenters. The summed E-state index contributed by atoms with van der Waals surface area (Å²) in [6.07, 6.45) is 1.99. The molecule has 0 saturated carbocycles. The van der Waals surface area contributed by atoms with Crippen molar-refractivity contribution in [2.45, 2.75) is 32.7 Å². The predicted molar refractivity (Wildman–Crippen MR) is 91.5 cm³/mol. The summed E-state index contributed by atoms with van der Waals surface area (Å²) < 4.78 is 19.9. The zero-order valence-electron chi connectivity index (χ0n) is 14.6. The average Bonchev–Trinajstić information content (AvgIpc) is 2.77. The number of benzene rings is 1. The molecule has 2 aliphatic rings. The third kappa shape index (κ3) is 3.62. The molecular weight excluding hydrogens is 307 g/mol. The Kier molecular flexibility index (Phi) is 5.21. The van der Waals surface area contributed by atoms with E-state index >= 15 is 0 Å². The fraction of sp³-hybridized carbons (Fsp3) is 0.632. The Morgan fingerprint density at radius 2 is 2.04 bits per heavy atom. The molecule has 3 rings (SSSR count). The number of carbonyl (C=O) groups excluding carboxylic acids is 1. The van der Waals surface area contributed by atoms with Gasteiger partial charge in [-0.05, 0) is 38.8 Å². The third-order valence-corrected chi connectivity index (χ3v) is 5.25. The molecule has 132 valence electrons. The van der Waals surface area contributed by atoms with Crippen molar-refractivity contribution in [3.05, 3.63) is 35.6 Å². The molecule has 0 bridgehead atoms. The third-order valence-electron chi connectivity index (χ3n) is 5.25. The summed E-state index contributed by atoms with van der Waals surface area (Å²) in [5.41, 5.74) is 0.129. The number of hydrogen-bond acceptors (Lipinski definition) is 3. The van der Waals surface area contributed by atoms with E-state index in [4.69, 9.17) is 4.74 Å². The number of likely N-dealkylation sites (tertiary alicyclic amines) is 1. The summed E-state index contributed by atoms with van der Waals surface area (Å²) in [5, 5.41) is 0. The molecule has 5 heteroatoms. The molecule has 1 spiro atoms. The highest BCUT2D eigenvalue weighted by molar-refractivity contribution is 5.94. The van der Waals surface area contributed by atoms with E-state index in [0.717, 1.165) is 32.5 Å². The monoisotopic (exact) mass is 334 g/mol. The summed E-state index contributed by atoms with van der Waals surface area (Å²) in [6, 6.07) is 6.71. The summed E-state index contributed by atoms with van der Waals surface area (Å²) in [5.74, 6) is -0.643. The molecule has 2 heterocycles. The first-order chi connectivity index (χ1) is 11.5. The first-order valence-corrected chi connectivity index (χ1v) is 8.86. The van der Waals surface area contributed by atoms with Crippen LogP contribution in [0.4, 0.5) is 4.39 Å². The van der Waals surface area contributed by atoms with E-state index < -0.39 is 5.82 Å². The van der Waals surface area contributed by atoms with Gasteiger partial charge in [-0.25, -0.2) is 4.39 Å². The smallest absolute Gasteiger partial charge is 0.256 e. The predicted octanol–water partition coefficient (Wildman–Crippen LogP) is 2.79. The Bertz CT molecular complexity index is 592. The van der Waals surface area contributed by atoms with Gasteiger partial charge in [0.1, 0.15) is 5.82 Å². The van der Waals surface area contributed by atoms with Crippen molar-refractivity contribution in [3.63, 3.8) is 0 Å². The van der Waals surface area contributed by atoms with Crippen molar-refractivity contribution in [2.75, 3.05) is 39.4 Å². The maximum atomic E-state index is 14.0. The zero-order chi connectivity index (χ0) is 17.2. The Labute approximate surface area is 143 Å². The number of ether oxygens (including phenoxy) is 1. The maximum Gasteiger partial charge on any atom is 0.256 e. The number of carbonyl (C=O) groups is 1. The van der Waals surface area contributed by atoms with E-state index in [1.807, 2.05) is 4.90 Å². The first-order valence-electron chi connectivity index (χ1n) is 8.86. The zero-order valence-corrected chi connectivity index (χ0v) is 14.6.